The Morgan fingerprint density at radius 3 is 1.78 bits per heavy atom. The van der Waals surface area contributed by atoms with Gasteiger partial charge in [0, 0.05) is 11.1 Å². The number of nitrogens with one attached hydrogen (secondary N) is 1. The number of hydrogen-bond donors (Lipinski definition) is 2. The van der Waals surface area contributed by atoms with E-state index in [0.29, 0.717) is 5.84 Å². The molecule has 0 aromatic heterocycles. The lowest BCUT2D eigenvalue weighted by Crippen LogP contribution is -2.15. The average Bonchev–Trinajstić information content (AvgIpc) is 2.40. The smallest absolute Gasteiger partial charge is 0.154 e. The van der Waals surface area contributed by atoms with E-state index in [0.717, 1.165) is 11.1 Å². The van der Waals surface area contributed by atoms with Gasteiger partial charge in [0.15, 0.2) is 5.84 Å². The van der Waals surface area contributed by atoms with Crippen LogP contribution in [0.15, 0.2) is 65.7 Å². The standard InChI is InChI=1S/C14H13N3.ClH/c15-13(11-7-3-1-4-8-11)17-14(16)12-9-5-2-6-10-12;/h1-10H,(H3,15,16,17);1H. The van der Waals surface area contributed by atoms with Crippen LogP contribution in [0.4, 0.5) is 0 Å². The van der Waals surface area contributed by atoms with Crippen molar-refractivity contribution in [2.24, 2.45) is 10.7 Å². The van der Waals surface area contributed by atoms with E-state index in [-0.39, 0.29) is 18.2 Å². The van der Waals surface area contributed by atoms with Crippen molar-refractivity contribution in [1.29, 1.82) is 5.41 Å². The second-order valence-electron chi connectivity index (χ2n) is 3.58. The average molecular weight is 260 g/mol. The van der Waals surface area contributed by atoms with E-state index in [1.807, 2.05) is 60.7 Å². The van der Waals surface area contributed by atoms with Crippen molar-refractivity contribution >= 4 is 24.1 Å². The molecule has 0 atom stereocenters. The van der Waals surface area contributed by atoms with Gasteiger partial charge in [-0.25, -0.2) is 4.99 Å². The summed E-state index contributed by atoms with van der Waals surface area (Å²) in [5.41, 5.74) is 7.43. The quantitative estimate of drug-likeness (QED) is 0.632. The molecule has 0 aliphatic carbocycles. The minimum Gasteiger partial charge on any atom is -0.383 e. The summed E-state index contributed by atoms with van der Waals surface area (Å²) in [6.07, 6.45) is 0. The van der Waals surface area contributed by atoms with Crippen LogP contribution in [-0.2, 0) is 0 Å². The molecular weight excluding hydrogens is 246 g/mol. The topological polar surface area (TPSA) is 62.2 Å². The molecule has 2 aromatic carbocycles. The van der Waals surface area contributed by atoms with Crippen LogP contribution in [0.2, 0.25) is 0 Å². The minimum atomic E-state index is 0. The van der Waals surface area contributed by atoms with Crippen molar-refractivity contribution < 1.29 is 0 Å². The van der Waals surface area contributed by atoms with E-state index >= 15 is 0 Å². The minimum absolute atomic E-state index is 0. The number of amidine groups is 2. The molecule has 92 valence electrons. The van der Waals surface area contributed by atoms with Crippen LogP contribution in [0.25, 0.3) is 0 Å². The van der Waals surface area contributed by atoms with E-state index in [9.17, 15) is 0 Å². The summed E-state index contributed by atoms with van der Waals surface area (Å²) in [6, 6.07) is 18.8. The maximum absolute atomic E-state index is 7.84. The monoisotopic (exact) mass is 259 g/mol. The number of rotatable bonds is 2. The molecule has 2 rings (SSSR count). The van der Waals surface area contributed by atoms with Gasteiger partial charge in [-0.15, -0.1) is 12.4 Å². The number of halogens is 1. The Labute approximate surface area is 112 Å². The van der Waals surface area contributed by atoms with Crippen LogP contribution in [0, 0.1) is 5.41 Å². The van der Waals surface area contributed by atoms with Crippen molar-refractivity contribution in [2.45, 2.75) is 0 Å². The second kappa shape index (κ2) is 6.57. The zero-order chi connectivity index (χ0) is 12.1. The zero-order valence-corrected chi connectivity index (χ0v) is 10.5. The van der Waals surface area contributed by atoms with Crippen LogP contribution in [0.1, 0.15) is 11.1 Å². The van der Waals surface area contributed by atoms with Crippen LogP contribution in [0.3, 0.4) is 0 Å². The third-order valence-corrected chi connectivity index (χ3v) is 2.35. The Kier molecular flexibility index (Phi) is 5.08. The van der Waals surface area contributed by atoms with Crippen molar-refractivity contribution in [3.8, 4) is 0 Å². The lowest BCUT2D eigenvalue weighted by Gasteiger charge is -2.02. The molecule has 3 N–H and O–H groups in total. The zero-order valence-electron chi connectivity index (χ0n) is 9.71. The SMILES string of the molecule is Cl.N=C(N=C(N)c1ccccc1)c1ccccc1. The number of hydrogen-bond acceptors (Lipinski definition) is 1. The fourth-order valence-corrected chi connectivity index (χ4v) is 1.45. The van der Waals surface area contributed by atoms with Crippen molar-refractivity contribution in [3.63, 3.8) is 0 Å². The first-order chi connectivity index (χ1) is 8.27. The van der Waals surface area contributed by atoms with Gasteiger partial charge in [-0.05, 0) is 0 Å². The number of nitrogens with zero attached hydrogens (tertiary/aromatic N) is 1. The van der Waals surface area contributed by atoms with E-state index in [1.165, 1.54) is 0 Å². The molecular formula is C14H14ClN3. The van der Waals surface area contributed by atoms with E-state index in [2.05, 4.69) is 4.99 Å². The third-order valence-electron chi connectivity index (χ3n) is 2.35. The van der Waals surface area contributed by atoms with Gasteiger partial charge < -0.3 is 5.73 Å². The summed E-state index contributed by atoms with van der Waals surface area (Å²) in [6.45, 7) is 0. The molecule has 0 fully saturated rings. The Morgan fingerprint density at radius 2 is 1.28 bits per heavy atom. The van der Waals surface area contributed by atoms with E-state index in [4.69, 9.17) is 11.1 Å². The molecule has 0 saturated carbocycles. The molecule has 18 heavy (non-hydrogen) atoms. The lowest BCUT2D eigenvalue weighted by molar-refractivity contribution is 1.40. The molecule has 0 aliphatic heterocycles. The Hall–Kier alpha value is -2.13. The molecule has 4 heteroatoms. The number of nitrogens with two attached hydrogens (primary N) is 1. The van der Waals surface area contributed by atoms with E-state index in [1.54, 1.807) is 0 Å². The predicted octanol–water partition coefficient (Wildman–Crippen LogP) is 2.84. The first kappa shape index (κ1) is 13.9. The van der Waals surface area contributed by atoms with Gasteiger partial charge >= 0.3 is 0 Å². The van der Waals surface area contributed by atoms with Gasteiger partial charge in [0.05, 0.1) is 0 Å². The highest BCUT2D eigenvalue weighted by molar-refractivity contribution is 6.09. The summed E-state index contributed by atoms with van der Waals surface area (Å²) >= 11 is 0. The molecule has 0 saturated heterocycles. The molecule has 3 nitrogen and oxygen atoms in total. The second-order valence-corrected chi connectivity index (χ2v) is 3.58. The van der Waals surface area contributed by atoms with Crippen molar-refractivity contribution in [3.05, 3.63) is 71.8 Å². The summed E-state index contributed by atoms with van der Waals surface area (Å²) in [5, 5.41) is 7.84. The summed E-state index contributed by atoms with van der Waals surface area (Å²) in [4.78, 5) is 4.10. The highest BCUT2D eigenvalue weighted by atomic mass is 35.5. The molecule has 2 aromatic rings. The Balaban J connectivity index is 0.00000162. The summed E-state index contributed by atoms with van der Waals surface area (Å²) in [5.74, 6) is 0.534. The molecule has 0 amide bonds. The summed E-state index contributed by atoms with van der Waals surface area (Å²) < 4.78 is 0. The number of benzene rings is 2. The van der Waals surface area contributed by atoms with Crippen molar-refractivity contribution in [2.75, 3.05) is 0 Å². The largest absolute Gasteiger partial charge is 0.383 e. The Bertz CT molecular complexity index is 535. The molecule has 0 bridgehead atoms. The van der Waals surface area contributed by atoms with Crippen molar-refractivity contribution in [1.82, 2.24) is 0 Å². The van der Waals surface area contributed by atoms with Crippen LogP contribution < -0.4 is 5.73 Å². The molecule has 0 unspecified atom stereocenters. The Morgan fingerprint density at radius 1 is 0.833 bits per heavy atom. The highest BCUT2D eigenvalue weighted by Gasteiger charge is 2.01. The highest BCUT2D eigenvalue weighted by Crippen LogP contribution is 2.03. The number of aliphatic imine (C=N–C) groups is 1. The van der Waals surface area contributed by atoms with Gasteiger partial charge in [-0.3, -0.25) is 5.41 Å². The maximum atomic E-state index is 7.84. The van der Waals surface area contributed by atoms with Gasteiger partial charge in [-0.2, -0.15) is 0 Å². The maximum Gasteiger partial charge on any atom is 0.154 e. The third kappa shape index (κ3) is 3.43. The van der Waals surface area contributed by atoms with Gasteiger partial charge in [0.1, 0.15) is 5.84 Å². The van der Waals surface area contributed by atoms with Crippen LogP contribution >= 0.6 is 12.4 Å². The van der Waals surface area contributed by atoms with E-state index < -0.39 is 0 Å². The normalized spacial score (nSPS) is 10.6. The molecule has 0 spiro atoms. The van der Waals surface area contributed by atoms with Gasteiger partial charge in [0.2, 0.25) is 0 Å². The lowest BCUT2D eigenvalue weighted by atomic mass is 10.2. The van der Waals surface area contributed by atoms with Crippen LogP contribution in [0.5, 0.6) is 0 Å². The summed E-state index contributed by atoms with van der Waals surface area (Å²) in [7, 11) is 0. The molecule has 0 aliphatic rings. The fraction of sp³-hybridized carbons (Fsp3) is 0. The first-order valence-electron chi connectivity index (χ1n) is 5.31. The van der Waals surface area contributed by atoms with Crippen LogP contribution in [-0.4, -0.2) is 11.7 Å². The molecule has 0 radical (unpaired) electrons. The fourth-order valence-electron chi connectivity index (χ4n) is 1.45. The van der Waals surface area contributed by atoms with Gasteiger partial charge in [-0.1, -0.05) is 60.7 Å². The first-order valence-corrected chi connectivity index (χ1v) is 5.31. The molecule has 0 heterocycles. The van der Waals surface area contributed by atoms with Gasteiger partial charge in [0.25, 0.3) is 0 Å². The predicted molar refractivity (Wildman–Crippen MR) is 77.7 cm³/mol.